The summed E-state index contributed by atoms with van der Waals surface area (Å²) in [6, 6.07) is -1.76. The first-order valence-electron chi connectivity index (χ1n) is 5.18. The van der Waals surface area contributed by atoms with Crippen LogP contribution in [0, 0.1) is 5.92 Å². The number of rotatable bonds is 5. The van der Waals surface area contributed by atoms with Gasteiger partial charge in [0.15, 0.2) is 0 Å². The van der Waals surface area contributed by atoms with Crippen LogP contribution in [0.25, 0.3) is 0 Å². The molecule has 2 atom stereocenters. The Morgan fingerprint density at radius 2 is 1.81 bits per heavy atom. The Balaban J connectivity index is 4.46. The first-order valence-corrected chi connectivity index (χ1v) is 5.18. The molecule has 3 N–H and O–H groups in total. The fraction of sp³-hybridized carbons (Fsp3) is 0.800. The molecule has 0 saturated carbocycles. The first-order chi connectivity index (χ1) is 7.31. The van der Waals surface area contributed by atoms with E-state index in [1.54, 1.807) is 20.8 Å². The van der Waals surface area contributed by atoms with E-state index in [1.165, 1.54) is 11.9 Å². The molecule has 0 spiro atoms. The Kier molecular flexibility index (Phi) is 5.81. The minimum absolute atomic E-state index is 0.163. The van der Waals surface area contributed by atoms with E-state index >= 15 is 0 Å². The van der Waals surface area contributed by atoms with E-state index in [9.17, 15) is 9.59 Å². The topological polar surface area (TPSA) is 89.9 Å². The van der Waals surface area contributed by atoms with E-state index in [0.717, 1.165) is 0 Å². The second-order valence-corrected chi connectivity index (χ2v) is 4.15. The molecule has 0 bridgehead atoms. The molecule has 0 aliphatic carbocycles. The van der Waals surface area contributed by atoms with Crippen molar-refractivity contribution >= 4 is 12.0 Å². The number of hydrogen-bond acceptors (Lipinski definition) is 3. The molecule has 0 radical (unpaired) electrons. The molecule has 6 heteroatoms. The maximum atomic E-state index is 11.6. The zero-order valence-corrected chi connectivity index (χ0v) is 10.1. The molecule has 1 unspecified atom stereocenters. The SMILES string of the molecule is CC(C)[C@@H](NC(=O)N(C)C(C)CO)C(=O)O. The van der Waals surface area contributed by atoms with Crippen LogP contribution in [0.4, 0.5) is 4.79 Å². The highest BCUT2D eigenvalue weighted by Gasteiger charge is 2.25. The van der Waals surface area contributed by atoms with E-state index in [-0.39, 0.29) is 18.6 Å². The van der Waals surface area contributed by atoms with E-state index in [0.29, 0.717) is 0 Å². The highest BCUT2D eigenvalue weighted by molar-refractivity contribution is 5.82. The van der Waals surface area contributed by atoms with Crippen LogP contribution in [0.2, 0.25) is 0 Å². The molecule has 0 saturated heterocycles. The Hall–Kier alpha value is -1.30. The van der Waals surface area contributed by atoms with Crippen LogP contribution in [0.3, 0.4) is 0 Å². The van der Waals surface area contributed by atoms with Crippen LogP contribution in [0.5, 0.6) is 0 Å². The zero-order chi connectivity index (χ0) is 12.9. The summed E-state index contributed by atoms with van der Waals surface area (Å²) in [7, 11) is 1.51. The van der Waals surface area contributed by atoms with Gasteiger partial charge in [-0.2, -0.15) is 0 Å². The van der Waals surface area contributed by atoms with Gasteiger partial charge in [-0.15, -0.1) is 0 Å². The molecule has 0 heterocycles. The van der Waals surface area contributed by atoms with Crippen molar-refractivity contribution in [3.8, 4) is 0 Å². The summed E-state index contributed by atoms with van der Waals surface area (Å²) in [5.74, 6) is -1.26. The van der Waals surface area contributed by atoms with Gasteiger partial charge in [0.2, 0.25) is 0 Å². The molecule has 0 aromatic heterocycles. The van der Waals surface area contributed by atoms with Gasteiger partial charge in [0.1, 0.15) is 6.04 Å². The summed E-state index contributed by atoms with van der Waals surface area (Å²) in [4.78, 5) is 23.7. The third kappa shape index (κ3) is 4.06. The van der Waals surface area contributed by atoms with Crippen molar-refractivity contribution in [3.05, 3.63) is 0 Å². The molecule has 0 aliphatic heterocycles. The highest BCUT2D eigenvalue weighted by Crippen LogP contribution is 2.03. The van der Waals surface area contributed by atoms with Crippen LogP contribution in [0.1, 0.15) is 20.8 Å². The van der Waals surface area contributed by atoms with E-state index in [2.05, 4.69) is 5.32 Å². The number of urea groups is 1. The molecule has 16 heavy (non-hydrogen) atoms. The molecule has 6 nitrogen and oxygen atoms in total. The normalized spacial score (nSPS) is 14.4. The van der Waals surface area contributed by atoms with Gasteiger partial charge in [-0.1, -0.05) is 13.8 Å². The predicted molar refractivity (Wildman–Crippen MR) is 59.1 cm³/mol. The summed E-state index contributed by atoms with van der Waals surface area (Å²) in [5.41, 5.74) is 0. The molecular formula is C10H20N2O4. The van der Waals surface area contributed by atoms with E-state index in [1.807, 2.05) is 0 Å². The molecular weight excluding hydrogens is 212 g/mol. The van der Waals surface area contributed by atoms with Crippen molar-refractivity contribution in [2.24, 2.45) is 5.92 Å². The monoisotopic (exact) mass is 232 g/mol. The minimum atomic E-state index is -1.06. The fourth-order valence-corrected chi connectivity index (χ4v) is 1.07. The Morgan fingerprint density at radius 1 is 1.31 bits per heavy atom. The van der Waals surface area contributed by atoms with Crippen LogP contribution in [-0.2, 0) is 4.79 Å². The quantitative estimate of drug-likeness (QED) is 0.628. The van der Waals surface area contributed by atoms with Gasteiger partial charge in [0.25, 0.3) is 0 Å². The van der Waals surface area contributed by atoms with Crippen LogP contribution < -0.4 is 5.32 Å². The summed E-state index contributed by atoms with van der Waals surface area (Å²) in [6.07, 6.45) is 0. The lowest BCUT2D eigenvalue weighted by atomic mass is 10.1. The van der Waals surface area contributed by atoms with Crippen molar-refractivity contribution in [2.75, 3.05) is 13.7 Å². The summed E-state index contributed by atoms with van der Waals surface area (Å²) in [6.45, 7) is 4.94. The third-order valence-electron chi connectivity index (χ3n) is 2.46. The molecule has 2 amide bonds. The number of hydrogen-bond donors (Lipinski definition) is 3. The number of nitrogens with one attached hydrogen (secondary N) is 1. The maximum Gasteiger partial charge on any atom is 0.326 e. The largest absolute Gasteiger partial charge is 0.480 e. The van der Waals surface area contributed by atoms with Gasteiger partial charge in [-0.25, -0.2) is 9.59 Å². The number of aliphatic hydroxyl groups is 1. The fourth-order valence-electron chi connectivity index (χ4n) is 1.07. The average molecular weight is 232 g/mol. The molecule has 0 aromatic carbocycles. The number of amides is 2. The maximum absolute atomic E-state index is 11.6. The summed E-state index contributed by atoms with van der Waals surface area (Å²) in [5, 5.41) is 20.2. The van der Waals surface area contributed by atoms with Gasteiger partial charge in [-0.3, -0.25) is 0 Å². The Morgan fingerprint density at radius 3 is 2.12 bits per heavy atom. The molecule has 0 aliphatic rings. The van der Waals surface area contributed by atoms with Gasteiger partial charge < -0.3 is 20.4 Å². The van der Waals surface area contributed by atoms with Crippen LogP contribution in [-0.4, -0.2) is 52.9 Å². The van der Waals surface area contributed by atoms with Gasteiger partial charge in [0.05, 0.1) is 12.6 Å². The lowest BCUT2D eigenvalue weighted by Crippen LogP contribution is -2.51. The lowest BCUT2D eigenvalue weighted by molar-refractivity contribution is -0.140. The van der Waals surface area contributed by atoms with Crippen LogP contribution >= 0.6 is 0 Å². The first kappa shape index (κ1) is 14.7. The number of carboxylic acids is 1. The molecule has 0 fully saturated rings. The van der Waals surface area contributed by atoms with Crippen LogP contribution in [0.15, 0.2) is 0 Å². The molecule has 0 rings (SSSR count). The van der Waals surface area contributed by atoms with Crippen molar-refractivity contribution < 1.29 is 19.8 Å². The van der Waals surface area contributed by atoms with E-state index in [4.69, 9.17) is 10.2 Å². The van der Waals surface area contributed by atoms with Gasteiger partial charge in [0, 0.05) is 7.05 Å². The lowest BCUT2D eigenvalue weighted by Gasteiger charge is -2.26. The van der Waals surface area contributed by atoms with E-state index < -0.39 is 18.0 Å². The highest BCUT2D eigenvalue weighted by atomic mass is 16.4. The number of carbonyl (C=O) groups excluding carboxylic acids is 1. The predicted octanol–water partition coefficient (Wildman–Crippen LogP) is 0.118. The molecule has 0 aromatic rings. The second kappa shape index (κ2) is 6.32. The van der Waals surface area contributed by atoms with Gasteiger partial charge in [-0.05, 0) is 12.8 Å². The zero-order valence-electron chi connectivity index (χ0n) is 10.1. The summed E-state index contributed by atoms with van der Waals surface area (Å²) < 4.78 is 0. The number of aliphatic hydroxyl groups excluding tert-OH is 1. The Bertz CT molecular complexity index is 255. The number of carbonyl (C=O) groups is 2. The minimum Gasteiger partial charge on any atom is -0.480 e. The number of carboxylic acid groups (broad SMARTS) is 1. The number of nitrogens with zero attached hydrogens (tertiary/aromatic N) is 1. The van der Waals surface area contributed by atoms with Crippen molar-refractivity contribution in [1.82, 2.24) is 10.2 Å². The van der Waals surface area contributed by atoms with Crippen molar-refractivity contribution in [2.45, 2.75) is 32.9 Å². The number of aliphatic carboxylic acids is 1. The van der Waals surface area contributed by atoms with Crippen molar-refractivity contribution in [3.63, 3.8) is 0 Å². The summed E-state index contributed by atoms with van der Waals surface area (Å²) >= 11 is 0. The Labute approximate surface area is 95.2 Å². The standard InChI is InChI=1S/C10H20N2O4/c1-6(2)8(9(14)15)11-10(16)12(4)7(3)5-13/h6-8,13H,5H2,1-4H3,(H,11,16)(H,14,15)/t7?,8-/m1/s1. The number of likely N-dealkylation sites (N-methyl/N-ethyl adjacent to an activating group) is 1. The smallest absolute Gasteiger partial charge is 0.326 e. The third-order valence-corrected chi connectivity index (χ3v) is 2.46. The second-order valence-electron chi connectivity index (χ2n) is 4.15. The average Bonchev–Trinajstić information content (AvgIpc) is 2.22. The molecule has 94 valence electrons. The van der Waals surface area contributed by atoms with Crippen molar-refractivity contribution in [1.29, 1.82) is 0 Å². The van der Waals surface area contributed by atoms with Gasteiger partial charge >= 0.3 is 12.0 Å².